The summed E-state index contributed by atoms with van der Waals surface area (Å²) in [5, 5.41) is 25.3. The number of halogens is 1. The molecule has 0 unspecified atom stereocenters. The number of hydrogen-bond donors (Lipinski definition) is 2. The van der Waals surface area contributed by atoms with E-state index >= 15 is 0 Å². The van der Waals surface area contributed by atoms with E-state index in [2.05, 4.69) is 21.4 Å². The van der Waals surface area contributed by atoms with Gasteiger partial charge < -0.3 is 29.5 Å². The highest BCUT2D eigenvalue weighted by atomic mass is 35.5. The monoisotopic (exact) mass is 649 g/mol. The summed E-state index contributed by atoms with van der Waals surface area (Å²) in [7, 11) is 1.47. The van der Waals surface area contributed by atoms with Gasteiger partial charge in [-0.1, -0.05) is 48.0 Å². The first-order chi connectivity index (χ1) is 22.8. The number of fused-ring (bicyclic) bond motifs is 1. The molecule has 1 aliphatic heterocycles. The van der Waals surface area contributed by atoms with Crippen molar-refractivity contribution in [3.63, 3.8) is 0 Å². The summed E-state index contributed by atoms with van der Waals surface area (Å²) < 4.78 is 17.3. The lowest BCUT2D eigenvalue weighted by molar-refractivity contribution is -0.0206. The third kappa shape index (κ3) is 6.77. The lowest BCUT2D eigenvalue weighted by Gasteiger charge is -2.38. The van der Waals surface area contributed by atoms with Gasteiger partial charge in [0.25, 0.3) is 0 Å². The number of amides is 1. The van der Waals surface area contributed by atoms with Crippen LogP contribution in [0.5, 0.6) is 17.2 Å². The number of aliphatic hydroxyl groups is 1. The Kier molecular flexibility index (Phi) is 9.11. The lowest BCUT2D eigenvalue weighted by Crippen LogP contribution is -2.46. The van der Waals surface area contributed by atoms with Gasteiger partial charge >= 0.3 is 6.09 Å². The standard InChI is InChI=1S/C36H32ClN5O5/c1-23-7-6-14-39-31(23)22-46-26-10-11-29(28(37)17-26)41-34-24(20-38)21-40-30-19-33(32(45-2)18-27(30)34)47-35(43)42-15-12-36(44,13-16-42)25-8-4-3-5-9-25/h3-11,14,17-19,21,44H,12-13,15-16,22H2,1-2H3,(H,40,41). The van der Waals surface area contributed by atoms with Crippen LogP contribution in [0, 0.1) is 18.3 Å². The van der Waals surface area contributed by atoms with Crippen LogP contribution in [-0.4, -0.2) is 46.3 Å². The molecular weight excluding hydrogens is 618 g/mol. The second kappa shape index (κ2) is 13.5. The van der Waals surface area contributed by atoms with Gasteiger partial charge in [-0.2, -0.15) is 5.26 Å². The molecule has 0 bridgehead atoms. The first kappa shape index (κ1) is 31.6. The van der Waals surface area contributed by atoms with Crippen LogP contribution in [0.3, 0.4) is 0 Å². The Morgan fingerprint density at radius 1 is 1.06 bits per heavy atom. The number of benzene rings is 3. The van der Waals surface area contributed by atoms with Gasteiger partial charge in [0.15, 0.2) is 11.5 Å². The number of nitriles is 1. The van der Waals surface area contributed by atoms with Crippen molar-refractivity contribution in [2.45, 2.75) is 32.0 Å². The number of methoxy groups -OCH3 is 1. The minimum atomic E-state index is -1.00. The van der Waals surface area contributed by atoms with Crippen molar-refractivity contribution in [2.24, 2.45) is 0 Å². The van der Waals surface area contributed by atoms with Gasteiger partial charge in [-0.25, -0.2) is 4.79 Å². The van der Waals surface area contributed by atoms with Crippen LogP contribution in [0.15, 0.2) is 85.2 Å². The molecule has 3 heterocycles. The van der Waals surface area contributed by atoms with E-state index in [0.717, 1.165) is 16.8 Å². The molecule has 1 fully saturated rings. The van der Waals surface area contributed by atoms with Crippen LogP contribution in [0.25, 0.3) is 10.9 Å². The summed E-state index contributed by atoms with van der Waals surface area (Å²) in [5.74, 6) is 1.03. The molecule has 1 saturated heterocycles. The Morgan fingerprint density at radius 3 is 2.55 bits per heavy atom. The second-order valence-electron chi connectivity index (χ2n) is 11.3. The minimum Gasteiger partial charge on any atom is -0.493 e. The average Bonchev–Trinajstić information content (AvgIpc) is 3.09. The first-order valence-corrected chi connectivity index (χ1v) is 15.4. The van der Waals surface area contributed by atoms with Gasteiger partial charge in [0.05, 0.1) is 45.9 Å². The first-order valence-electron chi connectivity index (χ1n) is 15.0. The van der Waals surface area contributed by atoms with E-state index in [1.807, 2.05) is 49.4 Å². The number of carbonyl (C=O) groups excluding carboxylic acids is 1. The number of hydrogen-bond acceptors (Lipinski definition) is 9. The maximum atomic E-state index is 13.2. The highest BCUT2D eigenvalue weighted by Gasteiger charge is 2.36. The zero-order valence-corrected chi connectivity index (χ0v) is 26.6. The Balaban J connectivity index is 1.20. The minimum absolute atomic E-state index is 0.180. The van der Waals surface area contributed by atoms with Crippen molar-refractivity contribution in [2.75, 3.05) is 25.5 Å². The molecule has 1 amide bonds. The van der Waals surface area contributed by atoms with Crippen LogP contribution in [-0.2, 0) is 12.2 Å². The molecule has 47 heavy (non-hydrogen) atoms. The fraction of sp³-hybridized carbons (Fsp3) is 0.222. The van der Waals surface area contributed by atoms with E-state index in [0.29, 0.717) is 65.6 Å². The number of ether oxygens (including phenoxy) is 3. The summed E-state index contributed by atoms with van der Waals surface area (Å²) >= 11 is 6.65. The van der Waals surface area contributed by atoms with Crippen molar-refractivity contribution in [3.8, 4) is 23.3 Å². The molecule has 0 saturated carbocycles. The fourth-order valence-electron chi connectivity index (χ4n) is 5.56. The number of anilines is 2. The zero-order valence-electron chi connectivity index (χ0n) is 25.9. The van der Waals surface area contributed by atoms with Gasteiger partial charge in [-0.3, -0.25) is 9.97 Å². The molecule has 11 heteroatoms. The highest BCUT2D eigenvalue weighted by Crippen LogP contribution is 2.39. The number of aryl methyl sites for hydroxylation is 1. The van der Waals surface area contributed by atoms with E-state index in [1.165, 1.54) is 13.3 Å². The molecule has 238 valence electrons. The number of rotatable bonds is 8. The number of piperidine rings is 1. The normalized spacial score (nSPS) is 13.9. The third-order valence-electron chi connectivity index (χ3n) is 8.32. The summed E-state index contributed by atoms with van der Waals surface area (Å²) in [6.45, 7) is 2.92. The SMILES string of the molecule is COc1cc2c(Nc3ccc(OCc4ncccc4C)cc3Cl)c(C#N)cnc2cc1OC(=O)N1CCC(O)(c2ccccc2)CC1. The van der Waals surface area contributed by atoms with Crippen molar-refractivity contribution in [1.29, 1.82) is 5.26 Å². The number of aromatic nitrogens is 2. The molecule has 6 rings (SSSR count). The predicted octanol–water partition coefficient (Wildman–Crippen LogP) is 7.28. The number of nitrogens with zero attached hydrogens (tertiary/aromatic N) is 4. The van der Waals surface area contributed by atoms with Crippen LogP contribution < -0.4 is 19.5 Å². The van der Waals surface area contributed by atoms with Gasteiger partial charge in [0, 0.05) is 43.0 Å². The second-order valence-corrected chi connectivity index (χ2v) is 11.7. The van der Waals surface area contributed by atoms with E-state index < -0.39 is 11.7 Å². The zero-order chi connectivity index (χ0) is 33.0. The van der Waals surface area contributed by atoms with Gasteiger partial charge in [-0.15, -0.1) is 0 Å². The fourth-order valence-corrected chi connectivity index (χ4v) is 5.77. The maximum absolute atomic E-state index is 13.2. The lowest BCUT2D eigenvalue weighted by atomic mass is 9.84. The van der Waals surface area contributed by atoms with Crippen molar-refractivity contribution in [3.05, 3.63) is 113 Å². The Morgan fingerprint density at radius 2 is 1.85 bits per heavy atom. The number of nitrogens with one attached hydrogen (secondary N) is 1. The third-order valence-corrected chi connectivity index (χ3v) is 8.64. The predicted molar refractivity (Wildman–Crippen MR) is 178 cm³/mol. The largest absolute Gasteiger partial charge is 0.493 e. The van der Waals surface area contributed by atoms with E-state index in [1.54, 1.807) is 41.4 Å². The molecule has 2 N–H and O–H groups in total. The molecule has 0 radical (unpaired) electrons. The Bertz CT molecular complexity index is 1970. The summed E-state index contributed by atoms with van der Waals surface area (Å²) in [6, 6.07) is 24.0. The van der Waals surface area contributed by atoms with E-state index in [9.17, 15) is 15.2 Å². The van der Waals surface area contributed by atoms with Crippen molar-refractivity contribution >= 4 is 40.0 Å². The van der Waals surface area contributed by atoms with E-state index in [-0.39, 0.29) is 17.1 Å². The summed E-state index contributed by atoms with van der Waals surface area (Å²) in [4.78, 5) is 23.6. The van der Waals surface area contributed by atoms with Crippen LogP contribution in [0.1, 0.15) is 35.2 Å². The van der Waals surface area contributed by atoms with Gasteiger partial charge in [0.1, 0.15) is 18.4 Å². The van der Waals surface area contributed by atoms with Crippen molar-refractivity contribution in [1.82, 2.24) is 14.9 Å². The molecule has 10 nitrogen and oxygen atoms in total. The molecule has 0 aliphatic carbocycles. The average molecular weight is 650 g/mol. The summed E-state index contributed by atoms with van der Waals surface area (Å²) in [5.41, 5.74) is 3.45. The molecular formula is C36H32ClN5O5. The molecule has 0 atom stereocenters. The highest BCUT2D eigenvalue weighted by molar-refractivity contribution is 6.33. The Labute approximate surface area is 277 Å². The quantitative estimate of drug-likeness (QED) is 0.178. The van der Waals surface area contributed by atoms with Gasteiger partial charge in [0.2, 0.25) is 0 Å². The van der Waals surface area contributed by atoms with E-state index in [4.69, 9.17) is 25.8 Å². The summed E-state index contributed by atoms with van der Waals surface area (Å²) in [6.07, 6.45) is 3.37. The number of carbonyl (C=O) groups is 1. The smallest absolute Gasteiger partial charge is 0.415 e. The number of likely N-dealkylation sites (tertiary alicyclic amines) is 1. The molecule has 5 aromatic rings. The van der Waals surface area contributed by atoms with Gasteiger partial charge in [-0.05, 0) is 55.2 Å². The molecule has 2 aromatic heterocycles. The molecule has 0 spiro atoms. The molecule has 3 aromatic carbocycles. The Hall–Kier alpha value is -5.37. The maximum Gasteiger partial charge on any atom is 0.415 e. The van der Waals surface area contributed by atoms with Crippen molar-refractivity contribution < 1.29 is 24.1 Å². The molecule has 1 aliphatic rings. The number of pyridine rings is 2. The van der Waals surface area contributed by atoms with Crippen LogP contribution in [0.2, 0.25) is 5.02 Å². The topological polar surface area (TPSA) is 130 Å². The van der Waals surface area contributed by atoms with Crippen LogP contribution in [0.4, 0.5) is 16.2 Å². The van der Waals surface area contributed by atoms with Crippen LogP contribution >= 0.6 is 11.6 Å².